The predicted molar refractivity (Wildman–Crippen MR) is 108 cm³/mol. The fourth-order valence-electron chi connectivity index (χ4n) is 6.33. The second-order valence-electron chi connectivity index (χ2n) is 10.2. The molecule has 0 radical (unpaired) electrons. The zero-order valence-corrected chi connectivity index (χ0v) is 17.7. The number of carboxylic acids is 1. The number of aliphatic carboxylic acids is 1. The van der Waals surface area contributed by atoms with Crippen molar-refractivity contribution in [3.8, 4) is 6.07 Å². The third-order valence-electron chi connectivity index (χ3n) is 6.95. The van der Waals surface area contributed by atoms with Gasteiger partial charge in [0.1, 0.15) is 6.04 Å². The van der Waals surface area contributed by atoms with Crippen molar-refractivity contribution in [3.63, 3.8) is 0 Å². The number of likely N-dealkylation sites (tertiary alicyclic amines) is 1. The highest BCUT2D eigenvalue weighted by Crippen LogP contribution is 2.57. The van der Waals surface area contributed by atoms with Crippen molar-refractivity contribution >= 4 is 11.9 Å². The molecule has 0 spiro atoms. The number of carbonyl (C=O) groups excluding carboxylic acids is 1. The molecule has 0 aromatic heterocycles. The fourth-order valence-corrected chi connectivity index (χ4v) is 6.33. The highest BCUT2D eigenvalue weighted by Gasteiger charge is 2.57. The van der Waals surface area contributed by atoms with Crippen LogP contribution in [0, 0.1) is 29.1 Å². The number of aliphatic hydroxyl groups is 1. The van der Waals surface area contributed by atoms with Gasteiger partial charge in [-0.25, -0.2) is 0 Å². The summed E-state index contributed by atoms with van der Waals surface area (Å²) in [4.78, 5) is 24.0. The van der Waals surface area contributed by atoms with Gasteiger partial charge in [0.2, 0.25) is 5.91 Å². The first kappa shape index (κ1) is 22.0. The lowest BCUT2D eigenvalue weighted by molar-refractivity contribution is -0.147. The normalized spacial score (nSPS) is 37.2. The zero-order chi connectivity index (χ0) is 21.2. The smallest absolute Gasteiger partial charge is 0.303 e. The van der Waals surface area contributed by atoms with Crippen molar-refractivity contribution in [1.29, 1.82) is 5.26 Å². The molecule has 7 nitrogen and oxygen atoms in total. The Balaban J connectivity index is 0.000000298. The first-order valence-corrected chi connectivity index (χ1v) is 11.0. The second kappa shape index (κ2) is 8.61. The van der Waals surface area contributed by atoms with Gasteiger partial charge in [-0.3, -0.25) is 9.59 Å². The van der Waals surface area contributed by atoms with Crippen LogP contribution in [0.3, 0.4) is 0 Å². The van der Waals surface area contributed by atoms with E-state index in [1.54, 1.807) is 4.90 Å². The number of hydrogen-bond donors (Lipinski definition) is 3. The number of amides is 1. The Morgan fingerprint density at radius 1 is 1.24 bits per heavy atom. The van der Waals surface area contributed by atoms with Gasteiger partial charge in [-0.1, -0.05) is 13.8 Å². The maximum atomic E-state index is 12.4. The highest BCUT2D eigenvalue weighted by atomic mass is 16.4. The summed E-state index contributed by atoms with van der Waals surface area (Å²) in [5, 5.41) is 31.5. The molecule has 3 atom stereocenters. The van der Waals surface area contributed by atoms with Crippen molar-refractivity contribution in [2.24, 2.45) is 17.8 Å². The lowest BCUT2D eigenvalue weighted by atomic mass is 9.51. The molecule has 2 unspecified atom stereocenters. The van der Waals surface area contributed by atoms with Crippen LogP contribution < -0.4 is 5.32 Å². The minimum atomic E-state index is -0.713. The maximum absolute atomic E-state index is 12.4. The molecular weight excluding hydrogens is 370 g/mol. The molecule has 4 aliphatic carbocycles. The van der Waals surface area contributed by atoms with Gasteiger partial charge in [0.15, 0.2) is 0 Å². The summed E-state index contributed by atoms with van der Waals surface area (Å²) in [6.45, 7) is 4.79. The van der Waals surface area contributed by atoms with Gasteiger partial charge >= 0.3 is 5.97 Å². The topological polar surface area (TPSA) is 114 Å². The van der Waals surface area contributed by atoms with Gasteiger partial charge in [0.05, 0.1) is 18.2 Å². The fraction of sp³-hybridized carbons (Fsp3) is 0.864. The minimum absolute atomic E-state index is 0.0453. The summed E-state index contributed by atoms with van der Waals surface area (Å²) in [6, 6.07) is 1.99. The number of nitrogens with zero attached hydrogens (tertiary/aromatic N) is 2. The Morgan fingerprint density at radius 3 is 2.38 bits per heavy atom. The molecule has 4 bridgehead atoms. The largest absolute Gasteiger partial charge is 0.481 e. The van der Waals surface area contributed by atoms with Crippen molar-refractivity contribution in [1.82, 2.24) is 10.2 Å². The van der Waals surface area contributed by atoms with E-state index in [0.717, 1.165) is 44.9 Å². The van der Waals surface area contributed by atoms with E-state index in [1.807, 2.05) is 13.8 Å². The maximum Gasteiger partial charge on any atom is 0.303 e. The average Bonchev–Trinajstić information content (AvgIpc) is 3.05. The molecule has 1 amide bonds. The molecule has 29 heavy (non-hydrogen) atoms. The molecule has 1 aliphatic heterocycles. The minimum Gasteiger partial charge on any atom is -0.481 e. The standard InChI is InChI=1S/C17H25N3O2.C5H10O2/c18-9-14-2-1-3-20(14)15(21)10-19-16-5-12-4-13(6-16)8-17(22,7-12)11-16;1-4(2)3-5(6)7/h12-14,19,22H,1-8,10-11H2;4H,3H2,1-2H3,(H,6,7)/t12?,13?,14-,16?,17?;/m0./s1. The molecule has 0 aromatic carbocycles. The monoisotopic (exact) mass is 405 g/mol. The highest BCUT2D eigenvalue weighted by molar-refractivity contribution is 5.79. The number of hydrogen-bond acceptors (Lipinski definition) is 5. The van der Waals surface area contributed by atoms with Crippen LogP contribution in [0.15, 0.2) is 0 Å². The van der Waals surface area contributed by atoms with E-state index in [4.69, 9.17) is 10.4 Å². The van der Waals surface area contributed by atoms with Gasteiger partial charge in [0, 0.05) is 18.5 Å². The Bertz CT molecular complexity index is 657. The van der Waals surface area contributed by atoms with E-state index in [2.05, 4.69) is 11.4 Å². The Labute approximate surface area is 173 Å². The van der Waals surface area contributed by atoms with Crippen LogP contribution in [-0.2, 0) is 9.59 Å². The van der Waals surface area contributed by atoms with Crippen LogP contribution in [0.25, 0.3) is 0 Å². The summed E-state index contributed by atoms with van der Waals surface area (Å²) < 4.78 is 0. The van der Waals surface area contributed by atoms with E-state index in [-0.39, 0.29) is 29.8 Å². The van der Waals surface area contributed by atoms with Crippen LogP contribution in [0.5, 0.6) is 0 Å². The van der Waals surface area contributed by atoms with Crippen LogP contribution >= 0.6 is 0 Å². The number of nitrogens with one attached hydrogen (secondary N) is 1. The van der Waals surface area contributed by atoms with Crippen molar-refractivity contribution in [2.45, 2.75) is 88.8 Å². The number of carbonyl (C=O) groups is 2. The molecule has 5 aliphatic rings. The Hall–Kier alpha value is -1.65. The summed E-state index contributed by atoms with van der Waals surface area (Å²) in [6.07, 6.45) is 8.15. The zero-order valence-electron chi connectivity index (χ0n) is 17.7. The molecule has 4 saturated carbocycles. The van der Waals surface area contributed by atoms with Crippen LogP contribution in [0.4, 0.5) is 0 Å². The molecular formula is C22H35N3O4. The van der Waals surface area contributed by atoms with E-state index in [1.165, 1.54) is 6.42 Å². The molecule has 5 fully saturated rings. The molecule has 5 rings (SSSR count). The second-order valence-corrected chi connectivity index (χ2v) is 10.2. The third-order valence-corrected chi connectivity index (χ3v) is 6.95. The SMILES string of the molecule is CC(C)CC(=O)O.N#C[C@@H]1CCCN1C(=O)CNC12CC3CC(CC(O)(C3)C1)C2. The van der Waals surface area contributed by atoms with Crippen LogP contribution in [-0.4, -0.2) is 57.3 Å². The predicted octanol–water partition coefficient (Wildman–Crippen LogP) is 2.29. The van der Waals surface area contributed by atoms with E-state index in [9.17, 15) is 14.7 Å². The number of carboxylic acid groups (broad SMARTS) is 1. The van der Waals surface area contributed by atoms with Crippen LogP contribution in [0.1, 0.15) is 71.6 Å². The van der Waals surface area contributed by atoms with Crippen molar-refractivity contribution in [2.75, 3.05) is 13.1 Å². The lowest BCUT2D eigenvalue weighted by Crippen LogP contribution is -2.65. The number of nitriles is 1. The Kier molecular flexibility index (Phi) is 6.54. The summed E-state index contributed by atoms with van der Waals surface area (Å²) in [5.41, 5.74) is -0.542. The first-order chi connectivity index (χ1) is 13.6. The average molecular weight is 406 g/mol. The van der Waals surface area contributed by atoms with Gasteiger partial charge < -0.3 is 20.4 Å². The van der Waals surface area contributed by atoms with Crippen LogP contribution in [0.2, 0.25) is 0 Å². The van der Waals surface area contributed by atoms with Gasteiger partial charge in [-0.2, -0.15) is 5.26 Å². The molecule has 1 heterocycles. The molecule has 0 aromatic rings. The molecule has 7 heteroatoms. The van der Waals surface area contributed by atoms with Gasteiger partial charge in [-0.05, 0) is 69.1 Å². The summed E-state index contributed by atoms with van der Waals surface area (Å²) in [5.74, 6) is 0.847. The summed E-state index contributed by atoms with van der Waals surface area (Å²) in [7, 11) is 0. The van der Waals surface area contributed by atoms with Crippen molar-refractivity contribution < 1.29 is 19.8 Å². The molecule has 1 saturated heterocycles. The molecule has 162 valence electrons. The first-order valence-electron chi connectivity index (χ1n) is 11.0. The van der Waals surface area contributed by atoms with E-state index < -0.39 is 11.6 Å². The third kappa shape index (κ3) is 5.29. The quantitative estimate of drug-likeness (QED) is 0.647. The van der Waals surface area contributed by atoms with Gasteiger partial charge in [-0.15, -0.1) is 0 Å². The van der Waals surface area contributed by atoms with E-state index >= 15 is 0 Å². The van der Waals surface area contributed by atoms with E-state index in [0.29, 0.717) is 24.9 Å². The van der Waals surface area contributed by atoms with Crippen molar-refractivity contribution in [3.05, 3.63) is 0 Å². The van der Waals surface area contributed by atoms with Gasteiger partial charge in [0.25, 0.3) is 0 Å². The molecule has 3 N–H and O–H groups in total. The lowest BCUT2D eigenvalue weighted by Gasteiger charge is -2.60. The Morgan fingerprint density at radius 2 is 1.90 bits per heavy atom. The number of rotatable bonds is 5. The summed E-state index contributed by atoms with van der Waals surface area (Å²) >= 11 is 0.